The van der Waals surface area contributed by atoms with Crippen LogP contribution in [0.1, 0.15) is 40.7 Å². The fraction of sp³-hybridized carbons (Fsp3) is 0.381. The first-order chi connectivity index (χ1) is 13.3. The lowest BCUT2D eigenvalue weighted by molar-refractivity contribution is 0.102. The smallest absolute Gasteiger partial charge is 0.255 e. The number of nitrogens with one attached hydrogen (secondary N) is 1. The van der Waals surface area contributed by atoms with E-state index in [0.717, 1.165) is 48.7 Å². The summed E-state index contributed by atoms with van der Waals surface area (Å²) in [7, 11) is 0. The lowest BCUT2D eigenvalue weighted by atomic mass is 9.91. The Bertz CT molecular complexity index is 995. The van der Waals surface area contributed by atoms with Crippen LogP contribution in [0.3, 0.4) is 0 Å². The van der Waals surface area contributed by atoms with Crippen LogP contribution in [-0.2, 0) is 12.8 Å². The Morgan fingerprint density at radius 3 is 2.63 bits per heavy atom. The molecule has 2 heterocycles. The van der Waals surface area contributed by atoms with E-state index in [2.05, 4.69) is 31.1 Å². The molecular weight excluding hydrogens is 356 g/mol. The van der Waals surface area contributed by atoms with Crippen molar-refractivity contribution in [2.75, 3.05) is 18.4 Å². The minimum absolute atomic E-state index is 0.102. The van der Waals surface area contributed by atoms with Gasteiger partial charge < -0.3 is 5.32 Å². The second-order valence-corrected chi connectivity index (χ2v) is 8.05. The molecule has 1 aliphatic heterocycles. The molecule has 0 saturated heterocycles. The van der Waals surface area contributed by atoms with Crippen molar-refractivity contribution in [1.29, 1.82) is 0 Å². The Morgan fingerprint density at radius 2 is 1.81 bits per heavy atom. The number of fused-ring (bicyclic) bond motifs is 2. The third kappa shape index (κ3) is 3.35. The van der Waals surface area contributed by atoms with Crippen LogP contribution >= 0.6 is 11.7 Å². The van der Waals surface area contributed by atoms with E-state index >= 15 is 0 Å². The zero-order chi connectivity index (χ0) is 18.2. The molecule has 1 amide bonds. The topological polar surface area (TPSA) is 58.1 Å². The molecule has 1 N–H and O–H groups in total. The largest absolute Gasteiger partial charge is 0.322 e. The molecule has 1 saturated carbocycles. The molecule has 138 valence electrons. The molecule has 0 spiro atoms. The van der Waals surface area contributed by atoms with Crippen molar-refractivity contribution in [3.8, 4) is 0 Å². The minimum atomic E-state index is -0.102. The number of amides is 1. The highest BCUT2D eigenvalue weighted by molar-refractivity contribution is 7.00. The van der Waals surface area contributed by atoms with Gasteiger partial charge in [0.1, 0.15) is 11.0 Å². The summed E-state index contributed by atoms with van der Waals surface area (Å²) in [5, 5.41) is 3.04. The van der Waals surface area contributed by atoms with Crippen LogP contribution in [-0.4, -0.2) is 38.7 Å². The van der Waals surface area contributed by atoms with E-state index in [9.17, 15) is 4.79 Å². The molecule has 1 aromatic heterocycles. The summed E-state index contributed by atoms with van der Waals surface area (Å²) in [6.45, 7) is 2.29. The van der Waals surface area contributed by atoms with Crippen molar-refractivity contribution < 1.29 is 4.79 Å². The lowest BCUT2D eigenvalue weighted by Gasteiger charge is -2.36. The van der Waals surface area contributed by atoms with E-state index in [1.807, 2.05) is 12.1 Å². The SMILES string of the molecule is O=C(Nc1ccc2c(c1)CCN(C1CCC1)CC2)c1ccc2nsnc2c1. The highest BCUT2D eigenvalue weighted by atomic mass is 32.1. The van der Waals surface area contributed by atoms with Crippen molar-refractivity contribution in [3.05, 3.63) is 53.1 Å². The highest BCUT2D eigenvalue weighted by Crippen LogP contribution is 2.28. The van der Waals surface area contributed by atoms with Crippen molar-refractivity contribution in [3.63, 3.8) is 0 Å². The highest BCUT2D eigenvalue weighted by Gasteiger charge is 2.26. The number of anilines is 1. The summed E-state index contributed by atoms with van der Waals surface area (Å²) in [5.41, 5.74) is 5.87. The van der Waals surface area contributed by atoms with Gasteiger partial charge in [-0.2, -0.15) is 8.75 Å². The van der Waals surface area contributed by atoms with Gasteiger partial charge in [-0.1, -0.05) is 12.5 Å². The van der Waals surface area contributed by atoms with E-state index in [4.69, 9.17) is 0 Å². The fourth-order valence-corrected chi connectivity index (χ4v) is 4.58. The molecule has 0 atom stereocenters. The first-order valence-corrected chi connectivity index (χ1v) is 10.4. The standard InChI is InChI=1S/C21H22N4OS/c26-21(16-5-7-19-20(13-16)24-27-23-19)22-17-6-4-14-8-10-25(18-2-1-3-18)11-9-15(14)12-17/h4-7,12-13,18H,1-3,8-11H2,(H,22,26). The maximum Gasteiger partial charge on any atom is 0.255 e. The van der Waals surface area contributed by atoms with Crippen LogP contribution in [0, 0.1) is 0 Å². The number of nitrogens with zero attached hydrogens (tertiary/aromatic N) is 3. The third-order valence-corrected chi connectivity index (χ3v) is 6.46. The van der Waals surface area contributed by atoms with Crippen LogP contribution < -0.4 is 5.32 Å². The average Bonchev–Trinajstić information content (AvgIpc) is 3.01. The van der Waals surface area contributed by atoms with Crippen LogP contribution in [0.15, 0.2) is 36.4 Å². The average molecular weight is 379 g/mol. The Kier molecular flexibility index (Phi) is 4.38. The van der Waals surface area contributed by atoms with Gasteiger partial charge in [-0.25, -0.2) is 0 Å². The lowest BCUT2D eigenvalue weighted by Crippen LogP contribution is -2.41. The summed E-state index contributed by atoms with van der Waals surface area (Å²) in [6.07, 6.45) is 6.26. The van der Waals surface area contributed by atoms with Crippen LogP contribution in [0.4, 0.5) is 5.69 Å². The van der Waals surface area contributed by atoms with Crippen LogP contribution in [0.2, 0.25) is 0 Å². The molecule has 6 heteroatoms. The van der Waals surface area contributed by atoms with E-state index in [1.165, 1.54) is 42.1 Å². The quantitative estimate of drug-likeness (QED) is 0.751. The molecular formula is C21H22N4OS. The van der Waals surface area contributed by atoms with Crippen molar-refractivity contribution >= 4 is 34.4 Å². The van der Waals surface area contributed by atoms with Gasteiger partial charge in [0.25, 0.3) is 5.91 Å². The molecule has 1 aliphatic carbocycles. The van der Waals surface area contributed by atoms with E-state index in [0.29, 0.717) is 5.56 Å². The van der Waals surface area contributed by atoms with Gasteiger partial charge in [0.2, 0.25) is 0 Å². The molecule has 27 heavy (non-hydrogen) atoms. The molecule has 0 unspecified atom stereocenters. The molecule has 0 radical (unpaired) electrons. The fourth-order valence-electron chi connectivity index (χ4n) is 4.06. The number of carbonyl (C=O) groups is 1. The molecule has 2 aliphatic rings. The molecule has 2 aromatic carbocycles. The Balaban J connectivity index is 1.31. The maximum absolute atomic E-state index is 12.6. The number of hydrogen-bond donors (Lipinski definition) is 1. The summed E-state index contributed by atoms with van der Waals surface area (Å²) in [4.78, 5) is 15.3. The van der Waals surface area contributed by atoms with Crippen LogP contribution in [0.25, 0.3) is 11.0 Å². The first-order valence-electron chi connectivity index (χ1n) is 9.66. The zero-order valence-electron chi connectivity index (χ0n) is 15.1. The van der Waals surface area contributed by atoms with Gasteiger partial charge in [0.05, 0.1) is 11.7 Å². The Morgan fingerprint density at radius 1 is 1.00 bits per heavy atom. The van der Waals surface area contributed by atoms with Crippen molar-refractivity contribution in [2.45, 2.75) is 38.1 Å². The molecule has 5 rings (SSSR count). The normalized spacial score (nSPS) is 17.9. The predicted molar refractivity (Wildman–Crippen MR) is 108 cm³/mol. The summed E-state index contributed by atoms with van der Waals surface area (Å²) in [5.74, 6) is -0.102. The Hall–Kier alpha value is -2.31. The molecule has 0 bridgehead atoms. The van der Waals surface area contributed by atoms with Crippen molar-refractivity contribution in [2.24, 2.45) is 0 Å². The van der Waals surface area contributed by atoms with Gasteiger partial charge in [0, 0.05) is 30.4 Å². The number of rotatable bonds is 3. The Labute approximate surface area is 162 Å². The van der Waals surface area contributed by atoms with E-state index < -0.39 is 0 Å². The van der Waals surface area contributed by atoms with Gasteiger partial charge in [0.15, 0.2) is 0 Å². The number of benzene rings is 2. The number of hydrogen-bond acceptors (Lipinski definition) is 5. The second kappa shape index (κ2) is 7.02. The summed E-state index contributed by atoms with van der Waals surface area (Å²) in [6, 6.07) is 12.6. The molecule has 5 nitrogen and oxygen atoms in total. The third-order valence-electron chi connectivity index (χ3n) is 5.91. The maximum atomic E-state index is 12.6. The van der Waals surface area contributed by atoms with Gasteiger partial charge >= 0.3 is 0 Å². The number of carbonyl (C=O) groups excluding carboxylic acids is 1. The summed E-state index contributed by atoms with van der Waals surface area (Å²) >= 11 is 1.17. The predicted octanol–water partition coefficient (Wildman–Crippen LogP) is 3.90. The monoisotopic (exact) mass is 378 g/mol. The molecule has 3 aromatic rings. The minimum Gasteiger partial charge on any atom is -0.322 e. The van der Waals surface area contributed by atoms with E-state index in [1.54, 1.807) is 12.1 Å². The van der Waals surface area contributed by atoms with Gasteiger partial charge in [-0.3, -0.25) is 9.69 Å². The van der Waals surface area contributed by atoms with Gasteiger partial charge in [-0.05, 0) is 67.1 Å². The first kappa shape index (κ1) is 16.8. The van der Waals surface area contributed by atoms with Crippen LogP contribution in [0.5, 0.6) is 0 Å². The summed E-state index contributed by atoms with van der Waals surface area (Å²) < 4.78 is 8.40. The van der Waals surface area contributed by atoms with Gasteiger partial charge in [-0.15, -0.1) is 0 Å². The van der Waals surface area contributed by atoms with Crippen molar-refractivity contribution in [1.82, 2.24) is 13.6 Å². The zero-order valence-corrected chi connectivity index (χ0v) is 16.0. The number of aromatic nitrogens is 2. The molecule has 1 fully saturated rings. The second-order valence-electron chi connectivity index (χ2n) is 7.53. The van der Waals surface area contributed by atoms with E-state index in [-0.39, 0.29) is 5.91 Å².